The Bertz CT molecular complexity index is 1600. The summed E-state index contributed by atoms with van der Waals surface area (Å²) in [7, 11) is 1.76. The van der Waals surface area contributed by atoms with Gasteiger partial charge in [0.2, 0.25) is 23.6 Å². The Morgan fingerprint density at radius 2 is 1.41 bits per heavy atom. The zero-order valence-electron chi connectivity index (χ0n) is 32.2. The maximum atomic E-state index is 14.3. The molecular formula is C42H59N5O4. The average Bonchev–Trinajstić information content (AvgIpc) is 3.71. The number of carbonyl (C=O) groups is 4. The molecule has 0 spiro atoms. The van der Waals surface area contributed by atoms with Crippen molar-refractivity contribution in [3.63, 3.8) is 0 Å². The van der Waals surface area contributed by atoms with Crippen LogP contribution in [0.4, 0.5) is 0 Å². The molecule has 2 aliphatic heterocycles. The van der Waals surface area contributed by atoms with Crippen LogP contribution in [0.15, 0.2) is 60.2 Å². The van der Waals surface area contributed by atoms with Crippen LogP contribution in [0.1, 0.15) is 105 Å². The van der Waals surface area contributed by atoms with Gasteiger partial charge in [0.25, 0.3) is 0 Å². The SMILES string of the molecule is C/C(=C\C(C(C)C)N(C)C(=O)C(NC(=O)C1CCCCN1C(C)C)C(C)(C)C)C(=O)N1CCCC1C(=O)NC1c2ccccc2-c2ccccc21. The molecule has 0 aromatic heterocycles. The lowest BCUT2D eigenvalue weighted by molar-refractivity contribution is -0.142. The Kier molecular flexibility index (Phi) is 11.8. The molecule has 3 aliphatic rings. The van der Waals surface area contributed by atoms with Gasteiger partial charge < -0.3 is 20.4 Å². The Hall–Kier alpha value is -3.98. The molecule has 2 aromatic carbocycles. The lowest BCUT2D eigenvalue weighted by atomic mass is 9.84. The molecule has 9 nitrogen and oxygen atoms in total. The van der Waals surface area contributed by atoms with Crippen molar-refractivity contribution in [3.05, 3.63) is 71.3 Å². The first-order chi connectivity index (χ1) is 24.1. The van der Waals surface area contributed by atoms with Crippen molar-refractivity contribution in [1.29, 1.82) is 0 Å². The zero-order chi connectivity index (χ0) is 37.2. The number of hydrogen-bond donors (Lipinski definition) is 2. The second-order valence-electron chi connectivity index (χ2n) is 16.5. The van der Waals surface area contributed by atoms with Gasteiger partial charge in [0.15, 0.2) is 0 Å². The molecule has 1 aliphatic carbocycles. The number of benzene rings is 2. The Labute approximate surface area is 305 Å². The number of likely N-dealkylation sites (N-methyl/N-ethyl adjacent to an activating group) is 1. The van der Waals surface area contributed by atoms with Gasteiger partial charge in [-0.25, -0.2) is 0 Å². The fourth-order valence-electron chi connectivity index (χ4n) is 8.23. The third kappa shape index (κ3) is 8.09. The van der Waals surface area contributed by atoms with E-state index in [4.69, 9.17) is 0 Å². The van der Waals surface area contributed by atoms with Gasteiger partial charge in [0.1, 0.15) is 12.1 Å². The van der Waals surface area contributed by atoms with Gasteiger partial charge in [-0.1, -0.05) is 95.6 Å². The molecule has 4 unspecified atom stereocenters. The molecule has 4 amide bonds. The smallest absolute Gasteiger partial charge is 0.249 e. The fourth-order valence-corrected chi connectivity index (χ4v) is 8.23. The normalized spacial score (nSPS) is 20.9. The number of hydrogen-bond acceptors (Lipinski definition) is 5. The Morgan fingerprint density at radius 1 is 0.824 bits per heavy atom. The van der Waals surface area contributed by atoms with Gasteiger partial charge in [0.05, 0.1) is 18.1 Å². The van der Waals surface area contributed by atoms with Gasteiger partial charge in [-0.05, 0) is 86.6 Å². The van der Waals surface area contributed by atoms with E-state index in [1.54, 1.807) is 23.8 Å². The van der Waals surface area contributed by atoms with E-state index < -0.39 is 23.5 Å². The summed E-state index contributed by atoms with van der Waals surface area (Å²) in [5.41, 5.74) is 4.32. The summed E-state index contributed by atoms with van der Waals surface area (Å²) in [6.45, 7) is 17.3. The summed E-state index contributed by atoms with van der Waals surface area (Å²) in [6.07, 6.45) is 6.04. The van der Waals surface area contributed by atoms with Crippen molar-refractivity contribution in [1.82, 2.24) is 25.3 Å². The number of nitrogens with one attached hydrogen (secondary N) is 2. The highest BCUT2D eigenvalue weighted by atomic mass is 16.2. The summed E-state index contributed by atoms with van der Waals surface area (Å²) in [5.74, 6) is -0.647. The van der Waals surface area contributed by atoms with Crippen molar-refractivity contribution in [2.45, 2.75) is 124 Å². The van der Waals surface area contributed by atoms with Crippen molar-refractivity contribution in [2.24, 2.45) is 11.3 Å². The van der Waals surface area contributed by atoms with Gasteiger partial charge >= 0.3 is 0 Å². The van der Waals surface area contributed by atoms with E-state index in [-0.39, 0.29) is 47.7 Å². The van der Waals surface area contributed by atoms with Crippen molar-refractivity contribution in [2.75, 3.05) is 20.1 Å². The van der Waals surface area contributed by atoms with Crippen LogP contribution in [0.5, 0.6) is 0 Å². The molecule has 0 radical (unpaired) electrons. The van der Waals surface area contributed by atoms with Gasteiger partial charge in [-0.2, -0.15) is 0 Å². The van der Waals surface area contributed by atoms with Gasteiger partial charge in [-0.15, -0.1) is 0 Å². The molecule has 5 rings (SSSR count). The first-order valence-corrected chi connectivity index (χ1v) is 18.9. The van der Waals surface area contributed by atoms with Crippen molar-refractivity contribution >= 4 is 23.6 Å². The van der Waals surface area contributed by atoms with Crippen LogP contribution in [0.2, 0.25) is 0 Å². The van der Waals surface area contributed by atoms with E-state index in [0.29, 0.717) is 18.5 Å². The molecule has 2 heterocycles. The predicted molar refractivity (Wildman–Crippen MR) is 203 cm³/mol. The van der Waals surface area contributed by atoms with E-state index in [0.717, 1.165) is 54.5 Å². The summed E-state index contributed by atoms with van der Waals surface area (Å²) in [6, 6.07) is 14.3. The topological polar surface area (TPSA) is 102 Å². The fraction of sp³-hybridized carbons (Fsp3) is 0.571. The zero-order valence-corrected chi connectivity index (χ0v) is 32.2. The number of piperidine rings is 1. The van der Waals surface area contributed by atoms with Crippen LogP contribution < -0.4 is 10.6 Å². The van der Waals surface area contributed by atoms with E-state index in [2.05, 4.69) is 53.6 Å². The number of fused-ring (bicyclic) bond motifs is 3. The minimum absolute atomic E-state index is 0.00651. The first kappa shape index (κ1) is 38.3. The van der Waals surface area contributed by atoms with Gasteiger partial charge in [0, 0.05) is 25.2 Å². The van der Waals surface area contributed by atoms with Crippen LogP contribution >= 0.6 is 0 Å². The molecule has 2 aromatic rings. The Morgan fingerprint density at radius 3 is 1.98 bits per heavy atom. The number of carbonyl (C=O) groups excluding carboxylic acids is 4. The molecule has 2 N–H and O–H groups in total. The lowest BCUT2D eigenvalue weighted by Gasteiger charge is -2.41. The highest BCUT2D eigenvalue weighted by Gasteiger charge is 2.41. The largest absolute Gasteiger partial charge is 0.343 e. The van der Waals surface area contributed by atoms with Crippen molar-refractivity contribution in [3.8, 4) is 11.1 Å². The molecular weight excluding hydrogens is 638 g/mol. The lowest BCUT2D eigenvalue weighted by Crippen LogP contribution is -2.60. The molecule has 51 heavy (non-hydrogen) atoms. The molecule has 2 fully saturated rings. The number of amides is 4. The third-order valence-electron chi connectivity index (χ3n) is 11.1. The summed E-state index contributed by atoms with van der Waals surface area (Å²) in [4.78, 5) is 61.6. The number of nitrogens with zero attached hydrogens (tertiary/aromatic N) is 3. The quantitative estimate of drug-likeness (QED) is 0.293. The predicted octanol–water partition coefficient (Wildman–Crippen LogP) is 6.09. The highest BCUT2D eigenvalue weighted by Crippen LogP contribution is 2.43. The summed E-state index contributed by atoms with van der Waals surface area (Å²) < 4.78 is 0. The molecule has 0 saturated carbocycles. The van der Waals surface area contributed by atoms with Crippen LogP contribution in [0, 0.1) is 11.3 Å². The number of rotatable bonds is 10. The molecule has 2 saturated heterocycles. The summed E-state index contributed by atoms with van der Waals surface area (Å²) >= 11 is 0. The maximum Gasteiger partial charge on any atom is 0.249 e. The summed E-state index contributed by atoms with van der Waals surface area (Å²) in [5, 5.41) is 6.44. The molecule has 276 valence electrons. The van der Waals surface area contributed by atoms with Crippen LogP contribution in [-0.2, 0) is 19.2 Å². The second kappa shape index (κ2) is 15.7. The standard InChI is InChI=1S/C42H59N5O4/c1-26(2)35(45(9)41(51)37(42(6,7)8)44-39(49)33-21-14-15-23-46(33)27(3)4)25-28(5)40(50)47-24-16-22-34(47)38(48)43-36-31-19-12-10-17-29(31)30-18-11-13-20-32(30)36/h10-13,17-20,25-27,33-37H,14-16,21-24H2,1-9H3,(H,43,48)(H,44,49)/b28-25+. The Balaban J connectivity index is 1.31. The first-order valence-electron chi connectivity index (χ1n) is 18.9. The van der Waals surface area contributed by atoms with E-state index in [1.807, 2.05) is 65.0 Å². The maximum absolute atomic E-state index is 14.3. The van der Waals surface area contributed by atoms with Gasteiger partial charge in [-0.3, -0.25) is 24.1 Å². The van der Waals surface area contributed by atoms with Crippen LogP contribution in [-0.4, -0.2) is 88.7 Å². The van der Waals surface area contributed by atoms with Crippen LogP contribution in [0.25, 0.3) is 11.1 Å². The molecule has 9 heteroatoms. The van der Waals surface area contributed by atoms with E-state index in [1.165, 1.54) is 0 Å². The van der Waals surface area contributed by atoms with E-state index >= 15 is 0 Å². The molecule has 4 atom stereocenters. The average molecular weight is 698 g/mol. The highest BCUT2D eigenvalue weighted by molar-refractivity contribution is 5.98. The minimum atomic E-state index is -0.742. The third-order valence-corrected chi connectivity index (χ3v) is 11.1. The second-order valence-corrected chi connectivity index (χ2v) is 16.5. The number of likely N-dealkylation sites (tertiary alicyclic amines) is 2. The van der Waals surface area contributed by atoms with Crippen molar-refractivity contribution < 1.29 is 19.2 Å². The monoisotopic (exact) mass is 697 g/mol. The molecule has 0 bridgehead atoms. The van der Waals surface area contributed by atoms with Crippen LogP contribution in [0.3, 0.4) is 0 Å². The van der Waals surface area contributed by atoms with E-state index in [9.17, 15) is 19.2 Å². The minimum Gasteiger partial charge on any atom is -0.343 e.